The van der Waals surface area contributed by atoms with Crippen molar-refractivity contribution in [2.75, 3.05) is 17.2 Å². The lowest BCUT2D eigenvalue weighted by molar-refractivity contribution is -0.781. The lowest BCUT2D eigenvalue weighted by Gasteiger charge is -1.99. The molecular weight excluding hydrogens is 174 g/mol. The van der Waals surface area contributed by atoms with E-state index in [4.69, 9.17) is 17.2 Å². The van der Waals surface area contributed by atoms with Crippen molar-refractivity contribution in [3.05, 3.63) is 11.3 Å². The summed E-state index contributed by atoms with van der Waals surface area (Å²) >= 11 is 0. The molecule has 0 atom stereocenters. The van der Waals surface area contributed by atoms with Gasteiger partial charge in [0.05, 0.1) is 11.4 Å². The second-order valence-corrected chi connectivity index (χ2v) is 2.60. The monoisotopic (exact) mass is 181 g/mol. The lowest BCUT2D eigenvalue weighted by atomic mass is 10.2. The van der Waals surface area contributed by atoms with Crippen molar-refractivity contribution in [2.24, 2.45) is 0 Å². The number of nitrogens with two attached hydrogens (primary N) is 3. The van der Waals surface area contributed by atoms with Crippen molar-refractivity contribution in [3.8, 4) is 0 Å². The van der Waals surface area contributed by atoms with Crippen LogP contribution in [0.4, 0.5) is 17.1 Å². The second-order valence-electron chi connectivity index (χ2n) is 2.60. The molecule has 68 valence electrons. The van der Waals surface area contributed by atoms with Crippen LogP contribution in [0.3, 0.4) is 0 Å². The van der Waals surface area contributed by atoms with Gasteiger partial charge in [0.1, 0.15) is 5.69 Å². The highest BCUT2D eigenvalue weighted by Gasteiger charge is 2.18. The van der Waals surface area contributed by atoms with Gasteiger partial charge in [0.2, 0.25) is 0 Å². The number of nitrogens with zero attached hydrogens (tertiary/aromatic N) is 2. The number of rotatable bonds is 0. The third-order valence-corrected chi connectivity index (χ3v) is 1.76. The number of fused-ring (bicyclic) bond motifs is 1. The molecule has 7 heteroatoms. The highest BCUT2D eigenvalue weighted by Crippen LogP contribution is 2.27. The van der Waals surface area contributed by atoms with Crippen LogP contribution in [0.5, 0.6) is 0 Å². The predicted octanol–water partition coefficient (Wildman–Crippen LogP) is -0.792. The first-order chi connectivity index (χ1) is 6.11. The lowest BCUT2D eigenvalue weighted by Crippen LogP contribution is -2.24. The maximum absolute atomic E-state index is 11.0. The highest BCUT2D eigenvalue weighted by molar-refractivity contribution is 5.98. The van der Waals surface area contributed by atoms with Gasteiger partial charge in [0.25, 0.3) is 11.0 Å². The number of anilines is 3. The summed E-state index contributed by atoms with van der Waals surface area (Å²) in [6, 6.07) is 1.43. The summed E-state index contributed by atoms with van der Waals surface area (Å²) in [6.07, 6.45) is 0. The van der Waals surface area contributed by atoms with E-state index in [1.54, 1.807) is 0 Å². The molecule has 6 N–H and O–H groups in total. The molecule has 0 aliphatic carbocycles. The van der Waals surface area contributed by atoms with Gasteiger partial charge >= 0.3 is 0 Å². The van der Waals surface area contributed by atoms with Gasteiger partial charge in [-0.1, -0.05) is 0 Å². The van der Waals surface area contributed by atoms with Gasteiger partial charge in [-0.15, -0.1) is 0 Å². The molecular formula is C6H7N5O2. The minimum absolute atomic E-state index is 0.0671. The van der Waals surface area contributed by atoms with Crippen molar-refractivity contribution in [3.63, 3.8) is 0 Å². The van der Waals surface area contributed by atoms with Crippen molar-refractivity contribution >= 4 is 28.1 Å². The first-order valence-corrected chi connectivity index (χ1v) is 3.44. The first-order valence-electron chi connectivity index (χ1n) is 3.44. The van der Waals surface area contributed by atoms with Crippen LogP contribution in [0.15, 0.2) is 10.7 Å². The maximum Gasteiger partial charge on any atom is 0.273 e. The van der Waals surface area contributed by atoms with Gasteiger partial charge < -0.3 is 22.4 Å². The number of benzene rings is 1. The van der Waals surface area contributed by atoms with Crippen LogP contribution in [-0.4, -0.2) is 5.16 Å². The molecule has 0 fully saturated rings. The topological polar surface area (TPSA) is 131 Å². The molecule has 0 aliphatic heterocycles. The van der Waals surface area contributed by atoms with E-state index in [1.807, 2.05) is 0 Å². The molecule has 1 heterocycles. The summed E-state index contributed by atoms with van der Waals surface area (Å²) < 4.78 is 4.33. The van der Waals surface area contributed by atoms with Crippen LogP contribution in [0.25, 0.3) is 11.0 Å². The SMILES string of the molecule is Nc1cc(N)c2no[n+]([O-])c2c1N. The average molecular weight is 181 g/mol. The number of hydrogen-bond acceptors (Lipinski definition) is 6. The fraction of sp³-hybridized carbons (Fsp3) is 0. The Hall–Kier alpha value is -2.18. The van der Waals surface area contributed by atoms with Gasteiger partial charge in [-0.25, -0.2) is 0 Å². The van der Waals surface area contributed by atoms with E-state index >= 15 is 0 Å². The van der Waals surface area contributed by atoms with Crippen molar-refractivity contribution in [1.29, 1.82) is 0 Å². The van der Waals surface area contributed by atoms with Crippen LogP contribution in [0, 0.1) is 5.21 Å². The van der Waals surface area contributed by atoms with E-state index in [0.29, 0.717) is 0 Å². The quantitative estimate of drug-likeness (QED) is 0.360. The van der Waals surface area contributed by atoms with Crippen molar-refractivity contribution in [1.82, 2.24) is 5.16 Å². The van der Waals surface area contributed by atoms with E-state index in [0.717, 1.165) is 0 Å². The standard InChI is InChI=1S/C6H7N5O2/c7-2-1-3(8)5-6(4(2)9)11(12)13-10-5/h1H,7-9H2. The number of hydrogen-bond donors (Lipinski definition) is 3. The van der Waals surface area contributed by atoms with Gasteiger partial charge in [0.15, 0.2) is 0 Å². The normalized spacial score (nSPS) is 10.8. The zero-order chi connectivity index (χ0) is 9.59. The molecule has 2 rings (SSSR count). The summed E-state index contributed by atoms with van der Waals surface area (Å²) in [6.45, 7) is 0. The Morgan fingerprint density at radius 2 is 2.00 bits per heavy atom. The zero-order valence-corrected chi connectivity index (χ0v) is 6.52. The van der Waals surface area contributed by atoms with Crippen LogP contribution in [0.2, 0.25) is 0 Å². The average Bonchev–Trinajstić information content (AvgIpc) is 2.44. The molecule has 2 aromatic rings. The molecule has 0 unspecified atom stereocenters. The maximum atomic E-state index is 11.0. The van der Waals surface area contributed by atoms with E-state index in [9.17, 15) is 5.21 Å². The Kier molecular flexibility index (Phi) is 1.24. The van der Waals surface area contributed by atoms with Crippen LogP contribution >= 0.6 is 0 Å². The molecule has 0 aliphatic rings. The minimum atomic E-state index is 0.0671. The Morgan fingerprint density at radius 1 is 1.31 bits per heavy atom. The molecule has 1 aromatic heterocycles. The van der Waals surface area contributed by atoms with Crippen molar-refractivity contribution < 1.29 is 9.53 Å². The first kappa shape index (κ1) is 7.47. The Labute approximate surface area is 72.2 Å². The molecule has 13 heavy (non-hydrogen) atoms. The van der Waals surface area contributed by atoms with Crippen molar-refractivity contribution in [2.45, 2.75) is 0 Å². The summed E-state index contributed by atoms with van der Waals surface area (Å²) in [7, 11) is 0. The van der Waals surface area contributed by atoms with Crippen LogP contribution in [0.1, 0.15) is 0 Å². The largest absolute Gasteiger partial charge is 0.397 e. The molecule has 0 saturated carbocycles. The molecule has 0 saturated heterocycles. The molecule has 7 nitrogen and oxygen atoms in total. The molecule has 0 radical (unpaired) electrons. The van der Waals surface area contributed by atoms with E-state index in [2.05, 4.69) is 9.79 Å². The summed E-state index contributed by atoms with van der Waals surface area (Å²) in [5.41, 5.74) is 17.5. The molecule has 1 aromatic carbocycles. The van der Waals surface area contributed by atoms with E-state index in [1.165, 1.54) is 6.07 Å². The molecule has 0 spiro atoms. The Morgan fingerprint density at radius 3 is 2.69 bits per heavy atom. The fourth-order valence-electron chi connectivity index (χ4n) is 1.11. The smallest absolute Gasteiger partial charge is 0.273 e. The summed E-state index contributed by atoms with van der Waals surface area (Å²) in [5, 5.41) is 14.4. The fourth-order valence-corrected chi connectivity index (χ4v) is 1.11. The zero-order valence-electron chi connectivity index (χ0n) is 6.52. The second kappa shape index (κ2) is 2.16. The van der Waals surface area contributed by atoms with Crippen LogP contribution < -0.4 is 22.1 Å². The Bertz CT molecular complexity index is 477. The van der Waals surface area contributed by atoms with Gasteiger partial charge in [0, 0.05) is 5.16 Å². The minimum Gasteiger partial charge on any atom is -0.397 e. The summed E-state index contributed by atoms with van der Waals surface area (Å²) in [5.74, 6) is 0. The van der Waals surface area contributed by atoms with Gasteiger partial charge in [-0.3, -0.25) is 4.63 Å². The Balaban J connectivity index is 3.00. The van der Waals surface area contributed by atoms with E-state index < -0.39 is 0 Å². The third kappa shape index (κ3) is 0.835. The third-order valence-electron chi connectivity index (χ3n) is 1.76. The summed E-state index contributed by atoms with van der Waals surface area (Å²) in [4.78, 5) is 0.178. The van der Waals surface area contributed by atoms with Crippen LogP contribution in [-0.2, 0) is 0 Å². The highest BCUT2D eigenvalue weighted by atomic mass is 16.8. The number of nitrogen functional groups attached to an aromatic ring is 3. The van der Waals surface area contributed by atoms with E-state index in [-0.39, 0.29) is 33.0 Å². The van der Waals surface area contributed by atoms with Gasteiger partial charge in [-0.2, -0.15) is 0 Å². The molecule has 0 amide bonds. The van der Waals surface area contributed by atoms with Gasteiger partial charge in [-0.05, 0) is 11.0 Å². The number of aromatic nitrogens is 2. The molecule has 0 bridgehead atoms. The predicted molar refractivity (Wildman–Crippen MR) is 46.2 cm³/mol.